The maximum Gasteiger partial charge on any atom is 0.290 e. The van der Waals surface area contributed by atoms with Crippen molar-refractivity contribution in [3.63, 3.8) is 0 Å². The molecule has 0 aromatic heterocycles. The van der Waals surface area contributed by atoms with Crippen molar-refractivity contribution in [3.8, 4) is 0 Å². The van der Waals surface area contributed by atoms with Crippen LogP contribution in [0, 0.1) is 15.9 Å². The van der Waals surface area contributed by atoms with Crippen molar-refractivity contribution in [1.82, 2.24) is 0 Å². The number of nitro benzene ring substituents is 1. The monoisotopic (exact) mass is 281 g/mol. The summed E-state index contributed by atoms with van der Waals surface area (Å²) in [4.78, 5) is 9.25. The molecule has 0 aliphatic heterocycles. The fourth-order valence-electron chi connectivity index (χ4n) is 1.25. The largest absolute Gasteiger partial charge is 0.290 e. The van der Waals surface area contributed by atoms with E-state index in [1.165, 1.54) is 0 Å². The van der Waals surface area contributed by atoms with Crippen molar-refractivity contribution in [3.05, 3.63) is 34.1 Å². The molecule has 0 N–H and O–H groups in total. The second-order valence-electron chi connectivity index (χ2n) is 3.23. The van der Waals surface area contributed by atoms with Gasteiger partial charge in [0.05, 0.1) is 16.7 Å². The maximum atomic E-state index is 12.8. The minimum absolute atomic E-state index is 0.133. The SMILES string of the molecule is O=[N+]([O-])c1cc(F)ccc1S(=O)(=O)CCCCl. The van der Waals surface area contributed by atoms with E-state index >= 15 is 0 Å². The third-order valence-corrected chi connectivity index (χ3v) is 4.11. The third kappa shape index (κ3) is 3.37. The Bertz CT molecular complexity index is 532. The summed E-state index contributed by atoms with van der Waals surface area (Å²) in [6.45, 7) is 0. The van der Waals surface area contributed by atoms with Gasteiger partial charge in [0, 0.05) is 5.88 Å². The van der Waals surface area contributed by atoms with E-state index in [1.807, 2.05) is 0 Å². The normalized spacial score (nSPS) is 11.4. The fourth-order valence-corrected chi connectivity index (χ4v) is 3.01. The summed E-state index contributed by atoms with van der Waals surface area (Å²) in [6.07, 6.45) is 0.179. The minimum Gasteiger partial charge on any atom is -0.258 e. The van der Waals surface area contributed by atoms with Crippen molar-refractivity contribution in [2.24, 2.45) is 0 Å². The Hall–Kier alpha value is -1.21. The minimum atomic E-state index is -3.81. The van der Waals surface area contributed by atoms with Gasteiger partial charge in [-0.3, -0.25) is 10.1 Å². The van der Waals surface area contributed by atoms with E-state index < -0.39 is 31.2 Å². The van der Waals surface area contributed by atoms with Crippen molar-refractivity contribution in [2.45, 2.75) is 11.3 Å². The highest BCUT2D eigenvalue weighted by molar-refractivity contribution is 7.91. The number of halogens is 2. The highest BCUT2D eigenvalue weighted by Crippen LogP contribution is 2.25. The molecule has 0 spiro atoms. The second-order valence-corrected chi connectivity index (χ2v) is 5.69. The molecule has 94 valence electrons. The number of benzene rings is 1. The highest BCUT2D eigenvalue weighted by atomic mass is 35.5. The van der Waals surface area contributed by atoms with E-state index in [0.29, 0.717) is 6.07 Å². The summed E-state index contributed by atoms with van der Waals surface area (Å²) in [5.74, 6) is -1.02. The average molecular weight is 282 g/mol. The van der Waals surface area contributed by atoms with Crippen molar-refractivity contribution < 1.29 is 17.7 Å². The Morgan fingerprint density at radius 3 is 2.59 bits per heavy atom. The van der Waals surface area contributed by atoms with E-state index in [2.05, 4.69) is 0 Å². The van der Waals surface area contributed by atoms with Crippen LogP contribution in [0.15, 0.2) is 23.1 Å². The summed E-state index contributed by atoms with van der Waals surface area (Å²) < 4.78 is 36.3. The molecule has 1 rings (SSSR count). The molecule has 0 amide bonds. The molecule has 0 unspecified atom stereocenters. The Morgan fingerprint density at radius 2 is 2.06 bits per heavy atom. The first-order chi connectivity index (χ1) is 7.88. The molecule has 0 bridgehead atoms. The topological polar surface area (TPSA) is 77.3 Å². The van der Waals surface area contributed by atoms with E-state index in [4.69, 9.17) is 11.6 Å². The molecule has 8 heteroatoms. The first kappa shape index (κ1) is 13.9. The number of hydrogen-bond donors (Lipinski definition) is 0. The summed E-state index contributed by atoms with van der Waals surface area (Å²) in [5, 5.41) is 10.6. The molecular weight excluding hydrogens is 273 g/mol. The quantitative estimate of drug-likeness (QED) is 0.358. The Balaban J connectivity index is 3.26. The highest BCUT2D eigenvalue weighted by Gasteiger charge is 2.25. The number of nitro groups is 1. The first-order valence-electron chi connectivity index (χ1n) is 4.61. The van der Waals surface area contributed by atoms with Gasteiger partial charge in [0.2, 0.25) is 0 Å². The number of sulfone groups is 1. The third-order valence-electron chi connectivity index (χ3n) is 2.00. The van der Waals surface area contributed by atoms with Crippen LogP contribution in [-0.4, -0.2) is 25.0 Å². The summed E-state index contributed by atoms with van der Waals surface area (Å²) in [6, 6.07) is 2.37. The summed E-state index contributed by atoms with van der Waals surface area (Å²) in [7, 11) is -3.81. The molecule has 0 atom stereocenters. The predicted octanol–water partition coefficient (Wildman–Crippen LogP) is 2.14. The molecule has 0 saturated heterocycles. The van der Waals surface area contributed by atoms with Gasteiger partial charge >= 0.3 is 0 Å². The van der Waals surface area contributed by atoms with Gasteiger partial charge in [-0.1, -0.05) is 0 Å². The van der Waals surface area contributed by atoms with Crippen LogP contribution in [0.4, 0.5) is 10.1 Å². The molecule has 0 radical (unpaired) electrons. The van der Waals surface area contributed by atoms with Crippen molar-refractivity contribution >= 4 is 27.1 Å². The molecule has 1 aromatic rings. The molecule has 1 aromatic carbocycles. The van der Waals surface area contributed by atoms with E-state index in [9.17, 15) is 22.9 Å². The molecule has 0 aliphatic rings. The second kappa shape index (κ2) is 5.42. The van der Waals surface area contributed by atoms with Gasteiger partial charge in [-0.05, 0) is 18.6 Å². The Labute approximate surface area is 102 Å². The van der Waals surface area contributed by atoms with E-state index in [1.54, 1.807) is 0 Å². The standard InChI is InChI=1S/C9H9ClFNO4S/c10-4-1-5-17(15,16)9-3-2-7(11)6-8(9)12(13)14/h2-3,6H,1,4-5H2. The van der Waals surface area contributed by atoms with Crippen LogP contribution in [0.1, 0.15) is 6.42 Å². The number of hydrogen-bond acceptors (Lipinski definition) is 4. The zero-order valence-corrected chi connectivity index (χ0v) is 10.2. The zero-order valence-electron chi connectivity index (χ0n) is 8.60. The van der Waals surface area contributed by atoms with Gasteiger partial charge < -0.3 is 0 Å². The van der Waals surface area contributed by atoms with E-state index in [0.717, 1.165) is 12.1 Å². The number of rotatable bonds is 5. The fraction of sp³-hybridized carbons (Fsp3) is 0.333. The van der Waals surface area contributed by atoms with Crippen LogP contribution in [-0.2, 0) is 9.84 Å². The van der Waals surface area contributed by atoms with Gasteiger partial charge in [-0.15, -0.1) is 11.6 Å². The van der Waals surface area contributed by atoms with Crippen LogP contribution in [0.2, 0.25) is 0 Å². The average Bonchev–Trinajstić information content (AvgIpc) is 2.26. The lowest BCUT2D eigenvalue weighted by Gasteiger charge is -2.04. The van der Waals surface area contributed by atoms with E-state index in [-0.39, 0.29) is 18.1 Å². The first-order valence-corrected chi connectivity index (χ1v) is 6.80. The van der Waals surface area contributed by atoms with Gasteiger partial charge in [0.25, 0.3) is 5.69 Å². The molecule has 0 heterocycles. The molecule has 17 heavy (non-hydrogen) atoms. The molecule has 0 fully saturated rings. The lowest BCUT2D eigenvalue weighted by Crippen LogP contribution is -2.10. The maximum absolute atomic E-state index is 12.8. The van der Waals surface area contributed by atoms with Crippen molar-refractivity contribution in [2.75, 3.05) is 11.6 Å². The lowest BCUT2D eigenvalue weighted by molar-refractivity contribution is -0.388. The van der Waals surface area contributed by atoms with Crippen LogP contribution in [0.25, 0.3) is 0 Å². The Morgan fingerprint density at radius 1 is 1.41 bits per heavy atom. The molecular formula is C9H9ClFNO4S. The number of nitrogens with zero attached hydrogens (tertiary/aromatic N) is 1. The molecule has 0 saturated carbocycles. The predicted molar refractivity (Wildman–Crippen MR) is 60.4 cm³/mol. The summed E-state index contributed by atoms with van der Waals surface area (Å²) in [5.41, 5.74) is -0.750. The van der Waals surface area contributed by atoms with Gasteiger partial charge in [-0.25, -0.2) is 12.8 Å². The van der Waals surface area contributed by atoms with Crippen LogP contribution in [0.5, 0.6) is 0 Å². The molecule has 0 aliphatic carbocycles. The van der Waals surface area contributed by atoms with Crippen molar-refractivity contribution in [1.29, 1.82) is 0 Å². The van der Waals surface area contributed by atoms with Crippen LogP contribution in [0.3, 0.4) is 0 Å². The van der Waals surface area contributed by atoms with Crippen LogP contribution >= 0.6 is 11.6 Å². The van der Waals surface area contributed by atoms with Gasteiger partial charge in [0.1, 0.15) is 10.7 Å². The smallest absolute Gasteiger partial charge is 0.258 e. The Kier molecular flexibility index (Phi) is 4.41. The van der Waals surface area contributed by atoms with Gasteiger partial charge in [0.15, 0.2) is 9.84 Å². The zero-order chi connectivity index (χ0) is 13.1. The molecule has 5 nitrogen and oxygen atoms in total. The summed E-state index contributed by atoms with van der Waals surface area (Å²) >= 11 is 5.36. The lowest BCUT2D eigenvalue weighted by atomic mass is 10.3. The number of alkyl halides is 1. The van der Waals surface area contributed by atoms with Crippen LogP contribution < -0.4 is 0 Å². The van der Waals surface area contributed by atoms with Gasteiger partial charge in [-0.2, -0.15) is 0 Å².